The zero-order chi connectivity index (χ0) is 38.2. The third-order valence-corrected chi connectivity index (χ3v) is 10.5. The van der Waals surface area contributed by atoms with Crippen molar-refractivity contribution < 1.29 is 28.7 Å². The molecule has 11 heteroatoms. The molecule has 0 bridgehead atoms. The average molecular weight is 732 g/mol. The van der Waals surface area contributed by atoms with Crippen LogP contribution in [0.5, 0.6) is 0 Å². The number of carbonyl (C=O) groups is 5. The molecule has 0 aromatic heterocycles. The molecular weight excluding hydrogens is 670 g/mol. The highest BCUT2D eigenvalue weighted by Gasteiger charge is 2.36. The monoisotopic (exact) mass is 731 g/mol. The van der Waals surface area contributed by atoms with Crippen molar-refractivity contribution >= 4 is 29.3 Å². The minimum absolute atomic E-state index is 0.00204. The second-order valence-corrected chi connectivity index (χ2v) is 15.2. The van der Waals surface area contributed by atoms with Crippen LogP contribution in [0.15, 0.2) is 60.7 Å². The van der Waals surface area contributed by atoms with E-state index in [1.807, 2.05) is 79.4 Å². The summed E-state index contributed by atoms with van der Waals surface area (Å²) < 4.78 is 5.40. The van der Waals surface area contributed by atoms with Crippen LogP contribution in [0.4, 0.5) is 0 Å². The van der Waals surface area contributed by atoms with Gasteiger partial charge in [0.15, 0.2) is 11.6 Å². The van der Waals surface area contributed by atoms with E-state index in [9.17, 15) is 24.0 Å². The first kappa shape index (κ1) is 41.8. The van der Waals surface area contributed by atoms with Crippen molar-refractivity contribution in [1.29, 1.82) is 0 Å². The molecule has 2 aromatic carbocycles. The maximum Gasteiger partial charge on any atom is 0.226 e. The molecular formula is C42H61N5O6. The van der Waals surface area contributed by atoms with E-state index in [4.69, 9.17) is 16.2 Å². The highest BCUT2D eigenvalue weighted by Crippen LogP contribution is 2.26. The number of unbranched alkanes of at least 4 members (excludes halogenated alkanes) is 1. The zero-order valence-electron chi connectivity index (χ0n) is 31.8. The van der Waals surface area contributed by atoms with Crippen molar-refractivity contribution in [2.75, 3.05) is 45.9 Å². The molecule has 1 unspecified atom stereocenters. The van der Waals surface area contributed by atoms with Crippen LogP contribution in [-0.2, 0) is 41.6 Å². The number of likely N-dealkylation sites (tertiary alicyclic amines) is 1. The second-order valence-electron chi connectivity index (χ2n) is 15.2. The summed E-state index contributed by atoms with van der Waals surface area (Å²) in [4.78, 5) is 72.4. The quantitative estimate of drug-likeness (QED) is 0.174. The Hall–Kier alpha value is -3.93. The van der Waals surface area contributed by atoms with Crippen molar-refractivity contribution in [3.05, 3.63) is 71.8 Å². The third kappa shape index (κ3) is 13.5. The SMILES string of the molecule is CC(C)C[C@@H](NC(=O)[C@H](CC(=O)C(N)Cc1ccccc1)Cc1ccccc1)C(=O)C[C@H](CCCCN)C(=O)N1CCC(C(=O)N2CCOCC2)CC1. The Balaban J connectivity index is 1.44. The summed E-state index contributed by atoms with van der Waals surface area (Å²) in [7, 11) is 0. The van der Waals surface area contributed by atoms with Crippen LogP contribution >= 0.6 is 0 Å². The zero-order valence-corrected chi connectivity index (χ0v) is 31.8. The van der Waals surface area contributed by atoms with Crippen molar-refractivity contribution in [2.45, 2.75) is 90.1 Å². The predicted molar refractivity (Wildman–Crippen MR) is 205 cm³/mol. The average Bonchev–Trinajstić information content (AvgIpc) is 3.17. The number of nitrogens with two attached hydrogens (primary N) is 2. The fraction of sp³-hybridized carbons (Fsp3) is 0.595. The molecule has 2 aromatic rings. The van der Waals surface area contributed by atoms with Gasteiger partial charge in [-0.3, -0.25) is 24.0 Å². The number of hydrogen-bond donors (Lipinski definition) is 3. The lowest BCUT2D eigenvalue weighted by atomic mass is 9.87. The molecule has 290 valence electrons. The molecule has 11 nitrogen and oxygen atoms in total. The van der Waals surface area contributed by atoms with E-state index < -0.39 is 23.9 Å². The number of morpholine rings is 1. The topological polar surface area (TPSA) is 165 Å². The van der Waals surface area contributed by atoms with Gasteiger partial charge in [-0.1, -0.05) is 80.9 Å². The highest BCUT2D eigenvalue weighted by atomic mass is 16.5. The van der Waals surface area contributed by atoms with Gasteiger partial charge in [0.05, 0.1) is 25.3 Å². The van der Waals surface area contributed by atoms with Crippen LogP contribution in [0.1, 0.15) is 76.3 Å². The summed E-state index contributed by atoms with van der Waals surface area (Å²) in [5.74, 6) is -2.03. The summed E-state index contributed by atoms with van der Waals surface area (Å²) in [5, 5.41) is 3.03. The predicted octanol–water partition coefficient (Wildman–Crippen LogP) is 3.71. The van der Waals surface area contributed by atoms with Gasteiger partial charge in [-0.2, -0.15) is 0 Å². The fourth-order valence-electron chi connectivity index (χ4n) is 7.44. The van der Waals surface area contributed by atoms with Gasteiger partial charge < -0.3 is 31.3 Å². The molecule has 2 fully saturated rings. The molecule has 2 aliphatic heterocycles. The molecule has 0 spiro atoms. The lowest BCUT2D eigenvalue weighted by Crippen LogP contribution is -2.49. The lowest BCUT2D eigenvalue weighted by Gasteiger charge is -2.37. The third-order valence-electron chi connectivity index (χ3n) is 10.5. The smallest absolute Gasteiger partial charge is 0.226 e. The van der Waals surface area contributed by atoms with E-state index in [2.05, 4.69) is 5.32 Å². The minimum Gasteiger partial charge on any atom is -0.378 e. The summed E-state index contributed by atoms with van der Waals surface area (Å²) in [6.45, 7) is 7.71. The second kappa shape index (κ2) is 21.7. The Kier molecular flexibility index (Phi) is 17.1. The summed E-state index contributed by atoms with van der Waals surface area (Å²) >= 11 is 0. The molecule has 0 radical (unpaired) electrons. The van der Waals surface area contributed by atoms with Gasteiger partial charge >= 0.3 is 0 Å². The Morgan fingerprint density at radius 1 is 0.774 bits per heavy atom. The fourth-order valence-corrected chi connectivity index (χ4v) is 7.44. The number of carbonyl (C=O) groups excluding carboxylic acids is 5. The number of ether oxygens (including phenoxy) is 1. The van der Waals surface area contributed by atoms with Crippen LogP contribution in [-0.4, -0.2) is 97.1 Å². The molecule has 2 saturated heterocycles. The largest absolute Gasteiger partial charge is 0.378 e. The van der Waals surface area contributed by atoms with Crippen molar-refractivity contribution in [1.82, 2.24) is 15.1 Å². The van der Waals surface area contributed by atoms with Crippen LogP contribution in [0.25, 0.3) is 0 Å². The number of nitrogens with zero attached hydrogens (tertiary/aromatic N) is 2. The standard InChI is InChI=1S/C42H61N5O6/c1-30(2)25-37(45-40(50)35(26-31-11-5-3-6-12-31)29-38(48)36(44)27-32-13-7-4-8-14-32)39(49)28-34(15-9-10-18-43)42(52)46-19-16-33(17-20-46)41(51)47-21-23-53-24-22-47/h3-8,11-14,30,33-37H,9-10,15-29,43-44H2,1-2H3,(H,45,50)/t34-,35-,36?,37+/m0/s1. The van der Waals surface area contributed by atoms with E-state index in [1.165, 1.54) is 0 Å². The van der Waals surface area contributed by atoms with Gasteiger partial charge in [0.2, 0.25) is 17.7 Å². The molecule has 5 N–H and O–H groups in total. The Labute approximate surface area is 315 Å². The van der Waals surface area contributed by atoms with Crippen LogP contribution in [0, 0.1) is 23.7 Å². The number of benzene rings is 2. The maximum absolute atomic E-state index is 14.1. The summed E-state index contributed by atoms with van der Waals surface area (Å²) in [5.41, 5.74) is 14.0. The van der Waals surface area contributed by atoms with E-state index in [1.54, 1.807) is 4.90 Å². The summed E-state index contributed by atoms with van der Waals surface area (Å²) in [6.07, 6.45) is 4.18. The number of hydrogen-bond acceptors (Lipinski definition) is 8. The van der Waals surface area contributed by atoms with Crippen LogP contribution in [0.2, 0.25) is 0 Å². The Morgan fingerprint density at radius 3 is 1.94 bits per heavy atom. The molecule has 3 amide bonds. The maximum atomic E-state index is 14.1. The minimum atomic E-state index is -0.810. The van der Waals surface area contributed by atoms with Crippen molar-refractivity contribution in [3.8, 4) is 0 Å². The first-order valence-electron chi connectivity index (χ1n) is 19.6. The molecule has 4 atom stereocenters. The number of Topliss-reactive ketones (excluding diaryl/α,β-unsaturated/α-hetero) is 2. The van der Waals surface area contributed by atoms with Gasteiger partial charge in [0, 0.05) is 56.8 Å². The molecule has 4 rings (SSSR count). The molecule has 2 aliphatic rings. The molecule has 53 heavy (non-hydrogen) atoms. The molecule has 0 aliphatic carbocycles. The van der Waals surface area contributed by atoms with Crippen molar-refractivity contribution in [2.24, 2.45) is 35.1 Å². The van der Waals surface area contributed by atoms with Crippen molar-refractivity contribution in [3.63, 3.8) is 0 Å². The number of piperidine rings is 1. The Morgan fingerprint density at radius 2 is 1.36 bits per heavy atom. The number of nitrogens with one attached hydrogen (secondary N) is 1. The van der Waals surface area contributed by atoms with Gasteiger partial charge in [0.25, 0.3) is 0 Å². The summed E-state index contributed by atoms with van der Waals surface area (Å²) in [6, 6.07) is 17.5. The lowest BCUT2D eigenvalue weighted by molar-refractivity contribution is -0.145. The molecule has 2 heterocycles. The first-order chi connectivity index (χ1) is 25.5. The van der Waals surface area contributed by atoms with Crippen LogP contribution < -0.4 is 16.8 Å². The highest BCUT2D eigenvalue weighted by molar-refractivity contribution is 5.95. The number of rotatable bonds is 20. The van der Waals surface area contributed by atoms with E-state index in [-0.39, 0.29) is 54.0 Å². The number of ketones is 2. The van der Waals surface area contributed by atoms with E-state index in [0.29, 0.717) is 90.9 Å². The normalized spacial score (nSPS) is 17.5. The van der Waals surface area contributed by atoms with Crippen LogP contribution in [0.3, 0.4) is 0 Å². The van der Waals surface area contributed by atoms with E-state index >= 15 is 0 Å². The van der Waals surface area contributed by atoms with Gasteiger partial charge in [0.1, 0.15) is 0 Å². The van der Waals surface area contributed by atoms with E-state index in [0.717, 1.165) is 17.5 Å². The van der Waals surface area contributed by atoms with Gasteiger partial charge in [-0.05, 0) is 68.5 Å². The Bertz CT molecular complexity index is 1460. The number of amides is 3. The van der Waals surface area contributed by atoms with Gasteiger partial charge in [-0.25, -0.2) is 0 Å². The first-order valence-corrected chi connectivity index (χ1v) is 19.6. The molecule has 0 saturated carbocycles. The van der Waals surface area contributed by atoms with Gasteiger partial charge in [-0.15, -0.1) is 0 Å².